The Bertz CT molecular complexity index is 786. The van der Waals surface area contributed by atoms with Crippen LogP contribution in [0, 0.1) is 40.4 Å². The van der Waals surface area contributed by atoms with Gasteiger partial charge >= 0.3 is 5.97 Å². The maximum atomic E-state index is 12.1. The van der Waals surface area contributed by atoms with Crippen LogP contribution in [0.1, 0.15) is 85.0 Å². The number of ether oxygens (including phenoxy) is 1. The summed E-state index contributed by atoms with van der Waals surface area (Å²) >= 11 is 0. The van der Waals surface area contributed by atoms with Gasteiger partial charge in [-0.05, 0) is 97.9 Å². The minimum absolute atomic E-state index is 0.103. The third kappa shape index (κ3) is 2.81. The van der Waals surface area contributed by atoms with Crippen molar-refractivity contribution in [2.75, 3.05) is 6.61 Å². The van der Waals surface area contributed by atoms with Crippen LogP contribution in [0.3, 0.4) is 0 Å². The minimum Gasteiger partial charge on any atom is -0.466 e. The summed E-state index contributed by atoms with van der Waals surface area (Å²) in [7, 11) is 0. The Morgan fingerprint density at radius 3 is 2.73 bits per heavy atom. The molecule has 8 atom stereocenters. The number of rotatable bonds is 5. The normalized spacial score (nSPS) is 48.7. The number of aliphatic hydroxyl groups is 1. The molecule has 0 bridgehead atoms. The highest BCUT2D eigenvalue weighted by Crippen LogP contribution is 2.75. The van der Waals surface area contributed by atoms with Crippen molar-refractivity contribution in [2.24, 2.45) is 40.4 Å². The first-order valence-corrected chi connectivity index (χ1v) is 12.4. The predicted molar refractivity (Wildman–Crippen MR) is 115 cm³/mol. The molecule has 0 saturated heterocycles. The Hall–Kier alpha value is -1.16. The summed E-state index contributed by atoms with van der Waals surface area (Å²) in [5.41, 5.74) is 0.801. The van der Waals surface area contributed by atoms with E-state index in [9.17, 15) is 14.7 Å². The largest absolute Gasteiger partial charge is 0.466 e. The van der Waals surface area contributed by atoms with Crippen molar-refractivity contribution in [3.8, 4) is 0 Å². The van der Waals surface area contributed by atoms with E-state index in [0.29, 0.717) is 61.2 Å². The smallest absolute Gasteiger partial charge is 0.305 e. The maximum Gasteiger partial charge on any atom is 0.305 e. The number of ketones is 1. The van der Waals surface area contributed by atoms with Crippen molar-refractivity contribution in [1.82, 2.24) is 0 Å². The van der Waals surface area contributed by atoms with Crippen LogP contribution in [0.25, 0.3) is 0 Å². The zero-order chi connectivity index (χ0) is 21.3. The van der Waals surface area contributed by atoms with E-state index in [1.165, 1.54) is 12.0 Å². The van der Waals surface area contributed by atoms with Gasteiger partial charge in [0.25, 0.3) is 0 Å². The van der Waals surface area contributed by atoms with Crippen molar-refractivity contribution >= 4 is 11.8 Å². The summed E-state index contributed by atoms with van der Waals surface area (Å²) in [5, 5.41) is 11.8. The summed E-state index contributed by atoms with van der Waals surface area (Å²) in [5.74, 6) is 3.35. The van der Waals surface area contributed by atoms with Gasteiger partial charge in [-0.3, -0.25) is 9.59 Å². The predicted octanol–water partition coefficient (Wildman–Crippen LogP) is 4.84. The molecule has 1 N–H and O–H groups in total. The second-order valence-electron chi connectivity index (χ2n) is 11.5. The molecule has 0 radical (unpaired) electrons. The Labute approximate surface area is 180 Å². The molecular formula is C26H38O4. The summed E-state index contributed by atoms with van der Waals surface area (Å²) in [6.07, 6.45) is 10.7. The topological polar surface area (TPSA) is 63.6 Å². The number of esters is 1. The zero-order valence-electron chi connectivity index (χ0n) is 18.9. The van der Waals surface area contributed by atoms with Crippen molar-refractivity contribution in [2.45, 2.75) is 90.6 Å². The fraction of sp³-hybridized carbons (Fsp3) is 0.846. The van der Waals surface area contributed by atoms with Gasteiger partial charge in [0.15, 0.2) is 5.78 Å². The van der Waals surface area contributed by atoms with Gasteiger partial charge in [0, 0.05) is 12.8 Å². The van der Waals surface area contributed by atoms with Crippen LogP contribution < -0.4 is 0 Å². The van der Waals surface area contributed by atoms with Gasteiger partial charge < -0.3 is 9.84 Å². The lowest BCUT2D eigenvalue weighted by Gasteiger charge is -2.59. The molecule has 4 fully saturated rings. The quantitative estimate of drug-likeness (QED) is 0.654. The Morgan fingerprint density at radius 2 is 1.97 bits per heavy atom. The fourth-order valence-electron chi connectivity index (χ4n) is 8.52. The molecule has 0 aromatic heterocycles. The third-order valence-corrected chi connectivity index (χ3v) is 10.3. The maximum absolute atomic E-state index is 12.1. The van der Waals surface area contributed by atoms with E-state index in [2.05, 4.69) is 13.8 Å². The number of fused-ring (bicyclic) bond motifs is 8. The van der Waals surface area contributed by atoms with Gasteiger partial charge in [-0.15, -0.1) is 0 Å². The van der Waals surface area contributed by atoms with Crippen LogP contribution in [0.4, 0.5) is 0 Å². The molecule has 0 aliphatic heterocycles. The molecule has 4 saturated carbocycles. The highest BCUT2D eigenvalue weighted by atomic mass is 16.5. The molecule has 4 nitrogen and oxygen atoms in total. The number of carbonyl (C=O) groups excluding carboxylic acids is 2. The fourth-order valence-corrected chi connectivity index (χ4v) is 8.52. The van der Waals surface area contributed by atoms with Gasteiger partial charge in [-0.1, -0.05) is 26.3 Å². The lowest BCUT2D eigenvalue weighted by molar-refractivity contribution is -0.152. The van der Waals surface area contributed by atoms with Gasteiger partial charge in [0.05, 0.1) is 12.2 Å². The summed E-state index contributed by atoms with van der Waals surface area (Å²) in [6, 6.07) is 0. The summed E-state index contributed by atoms with van der Waals surface area (Å²) < 4.78 is 5.27. The Morgan fingerprint density at radius 1 is 1.20 bits per heavy atom. The SMILES string of the molecule is CCCOC(=O)CC[C@]1(O)CC[C@H]2[C@@H]3[C@H]4C[C@H]4C4=CC(=O)CC[C@]4(C)[C@H]3CC[C@@]21C. The molecule has 30 heavy (non-hydrogen) atoms. The highest BCUT2D eigenvalue weighted by Gasteiger charge is 2.69. The molecular weight excluding hydrogens is 376 g/mol. The summed E-state index contributed by atoms with van der Waals surface area (Å²) in [4.78, 5) is 24.3. The first-order chi connectivity index (χ1) is 14.2. The highest BCUT2D eigenvalue weighted by molar-refractivity contribution is 5.92. The Kier molecular flexibility index (Phi) is 4.78. The molecule has 0 aromatic carbocycles. The van der Waals surface area contributed by atoms with Gasteiger partial charge in [0.1, 0.15) is 0 Å². The van der Waals surface area contributed by atoms with E-state index in [1.54, 1.807) is 0 Å². The van der Waals surface area contributed by atoms with E-state index < -0.39 is 5.60 Å². The van der Waals surface area contributed by atoms with Crippen LogP contribution in [0.15, 0.2) is 11.6 Å². The van der Waals surface area contributed by atoms with Crippen LogP contribution in [-0.2, 0) is 14.3 Å². The van der Waals surface area contributed by atoms with Crippen molar-refractivity contribution < 1.29 is 19.4 Å². The van der Waals surface area contributed by atoms with Crippen LogP contribution in [-0.4, -0.2) is 29.1 Å². The first-order valence-electron chi connectivity index (χ1n) is 12.4. The average Bonchev–Trinajstić information content (AvgIpc) is 3.46. The van der Waals surface area contributed by atoms with Gasteiger partial charge in [-0.2, -0.15) is 0 Å². The lowest BCUT2D eigenvalue weighted by Crippen LogP contribution is -2.55. The second-order valence-corrected chi connectivity index (χ2v) is 11.5. The molecule has 5 aliphatic carbocycles. The zero-order valence-corrected chi connectivity index (χ0v) is 18.9. The Balaban J connectivity index is 1.37. The number of carbonyl (C=O) groups is 2. The monoisotopic (exact) mass is 414 g/mol. The standard InChI is InChI=1S/C26H38O4/c1-4-13-30-22(28)8-12-26(29)11-7-20-23-18-15-17(18)21-14-16(27)5-9-24(21,2)19(23)6-10-25(20,26)3/h14,17-20,23,29H,4-13,15H2,1-3H3/t17-,18+,19+,20+,23-,24-,25+,26-/m1/s1. The number of hydrogen-bond acceptors (Lipinski definition) is 4. The molecule has 0 amide bonds. The van der Waals surface area contributed by atoms with Gasteiger partial charge in [-0.25, -0.2) is 0 Å². The van der Waals surface area contributed by atoms with Crippen molar-refractivity contribution in [1.29, 1.82) is 0 Å². The second kappa shape index (κ2) is 6.92. The van der Waals surface area contributed by atoms with Crippen LogP contribution in [0.2, 0.25) is 0 Å². The molecule has 5 rings (SSSR count). The van der Waals surface area contributed by atoms with E-state index in [0.717, 1.165) is 38.5 Å². The number of hydrogen-bond donors (Lipinski definition) is 1. The van der Waals surface area contributed by atoms with E-state index in [1.807, 2.05) is 13.0 Å². The van der Waals surface area contributed by atoms with E-state index in [4.69, 9.17) is 4.74 Å². The molecule has 0 heterocycles. The molecule has 0 aromatic rings. The minimum atomic E-state index is -0.752. The summed E-state index contributed by atoms with van der Waals surface area (Å²) in [6.45, 7) is 7.22. The van der Waals surface area contributed by atoms with Crippen molar-refractivity contribution in [3.05, 3.63) is 11.6 Å². The van der Waals surface area contributed by atoms with E-state index >= 15 is 0 Å². The van der Waals surface area contributed by atoms with Crippen LogP contribution >= 0.6 is 0 Å². The molecule has 0 spiro atoms. The first kappa shape index (κ1) is 20.7. The molecule has 4 heteroatoms. The van der Waals surface area contributed by atoms with Crippen molar-refractivity contribution in [3.63, 3.8) is 0 Å². The molecule has 0 unspecified atom stereocenters. The molecule has 5 aliphatic rings. The van der Waals surface area contributed by atoms with Crippen LogP contribution in [0.5, 0.6) is 0 Å². The van der Waals surface area contributed by atoms with E-state index in [-0.39, 0.29) is 16.8 Å². The number of allylic oxidation sites excluding steroid dienone is 1. The molecule has 166 valence electrons. The average molecular weight is 415 g/mol. The van der Waals surface area contributed by atoms with Gasteiger partial charge in [0.2, 0.25) is 0 Å². The lowest BCUT2D eigenvalue weighted by atomic mass is 9.46. The third-order valence-electron chi connectivity index (χ3n) is 10.3.